The van der Waals surface area contributed by atoms with Gasteiger partial charge in [0.1, 0.15) is 17.6 Å². The van der Waals surface area contributed by atoms with Gasteiger partial charge in [0, 0.05) is 10.6 Å². The molecule has 6 nitrogen and oxygen atoms in total. The van der Waals surface area contributed by atoms with Crippen LogP contribution in [0.2, 0.25) is 10.0 Å². The number of hydrogen-bond donors (Lipinski definition) is 1. The van der Waals surface area contributed by atoms with E-state index in [2.05, 4.69) is 15.2 Å². The Morgan fingerprint density at radius 3 is 2.79 bits per heavy atom. The van der Waals surface area contributed by atoms with E-state index in [0.717, 1.165) is 10.2 Å². The molecule has 0 aliphatic heterocycles. The van der Waals surface area contributed by atoms with Gasteiger partial charge >= 0.3 is 5.97 Å². The minimum atomic E-state index is -1.09. The number of azo groups is 1. The molecule has 0 saturated carbocycles. The summed E-state index contributed by atoms with van der Waals surface area (Å²) in [5.74, 6) is 0.0264. The molecule has 0 spiro atoms. The first kappa shape index (κ1) is 19.6. The summed E-state index contributed by atoms with van der Waals surface area (Å²) in [6.07, 6.45) is 0. The topological polar surface area (TPSA) is 88.0 Å². The van der Waals surface area contributed by atoms with Crippen molar-refractivity contribution in [3.05, 3.63) is 69.9 Å². The Hall–Kier alpha value is -2.74. The second kappa shape index (κ2) is 7.94. The summed E-state index contributed by atoms with van der Waals surface area (Å²) in [5.41, 5.74) is 1.45. The predicted molar refractivity (Wildman–Crippen MR) is 114 cm³/mol. The molecule has 0 fully saturated rings. The summed E-state index contributed by atoms with van der Waals surface area (Å²) in [7, 11) is 0. The zero-order valence-corrected chi connectivity index (χ0v) is 17.3. The number of aromatic carboxylic acids is 1. The monoisotopic (exact) mass is 445 g/mol. The highest BCUT2D eigenvalue weighted by Crippen LogP contribution is 2.33. The SMILES string of the molecule is CC(N=Nc1nc2ccc(Cl)cc2s1)c1ccc(-c2ccc(Cl)c(C(=O)O)c2)o1. The Kier molecular flexibility index (Phi) is 5.36. The third-order valence-corrected chi connectivity index (χ3v) is 5.64. The molecule has 146 valence electrons. The lowest BCUT2D eigenvalue weighted by Crippen LogP contribution is -1.97. The minimum absolute atomic E-state index is 0.0193. The highest BCUT2D eigenvalue weighted by molar-refractivity contribution is 7.21. The molecule has 4 aromatic rings. The van der Waals surface area contributed by atoms with Gasteiger partial charge in [0.05, 0.1) is 20.8 Å². The van der Waals surface area contributed by atoms with Crippen molar-refractivity contribution >= 4 is 55.9 Å². The standard InChI is InChI=1S/C20H13Cl2N3O3S/c1-10(24-25-20-23-15-5-3-12(21)9-18(15)29-20)16-6-7-17(28-16)11-2-4-14(22)13(8-11)19(26)27/h2-10H,1H3,(H,26,27). The van der Waals surface area contributed by atoms with Gasteiger partial charge in [-0.25, -0.2) is 9.78 Å². The van der Waals surface area contributed by atoms with Crippen LogP contribution in [0.5, 0.6) is 0 Å². The molecule has 2 aromatic heterocycles. The summed E-state index contributed by atoms with van der Waals surface area (Å²) in [5, 5.41) is 19.1. The number of benzene rings is 2. The number of nitrogens with zero attached hydrogens (tertiary/aromatic N) is 3. The maximum Gasteiger partial charge on any atom is 0.337 e. The lowest BCUT2D eigenvalue weighted by atomic mass is 10.1. The van der Waals surface area contributed by atoms with Crippen LogP contribution in [0.25, 0.3) is 21.5 Å². The van der Waals surface area contributed by atoms with Crippen molar-refractivity contribution in [1.29, 1.82) is 0 Å². The normalized spacial score (nSPS) is 12.7. The molecule has 1 atom stereocenters. The van der Waals surface area contributed by atoms with E-state index in [0.29, 0.717) is 27.2 Å². The van der Waals surface area contributed by atoms with Crippen LogP contribution < -0.4 is 0 Å². The Bertz CT molecular complexity index is 1250. The van der Waals surface area contributed by atoms with E-state index in [1.165, 1.54) is 23.5 Å². The number of fused-ring (bicyclic) bond motifs is 1. The van der Waals surface area contributed by atoms with Crippen molar-refractivity contribution in [2.45, 2.75) is 13.0 Å². The fraction of sp³-hybridized carbons (Fsp3) is 0.100. The summed E-state index contributed by atoms with van der Waals surface area (Å²) < 4.78 is 6.79. The second-order valence-electron chi connectivity index (χ2n) is 6.20. The number of carboxylic acids is 1. The maximum atomic E-state index is 11.3. The van der Waals surface area contributed by atoms with E-state index < -0.39 is 5.97 Å². The van der Waals surface area contributed by atoms with E-state index in [4.69, 9.17) is 27.6 Å². The first-order chi connectivity index (χ1) is 13.9. The Labute approximate surface area is 179 Å². The summed E-state index contributed by atoms with van der Waals surface area (Å²) >= 11 is 13.3. The van der Waals surface area contributed by atoms with Crippen LogP contribution in [0.1, 0.15) is 29.1 Å². The molecule has 0 aliphatic carbocycles. The van der Waals surface area contributed by atoms with Crippen LogP contribution >= 0.6 is 34.5 Å². The van der Waals surface area contributed by atoms with Gasteiger partial charge < -0.3 is 9.52 Å². The fourth-order valence-corrected chi connectivity index (χ4v) is 3.96. The van der Waals surface area contributed by atoms with E-state index in [9.17, 15) is 9.90 Å². The number of aromatic nitrogens is 1. The number of carbonyl (C=O) groups is 1. The van der Waals surface area contributed by atoms with Crippen molar-refractivity contribution < 1.29 is 14.3 Å². The van der Waals surface area contributed by atoms with Gasteiger partial charge in [-0.3, -0.25) is 0 Å². The molecule has 2 aromatic carbocycles. The number of thiazole rings is 1. The zero-order chi connectivity index (χ0) is 20.5. The van der Waals surface area contributed by atoms with Gasteiger partial charge in [0.15, 0.2) is 0 Å². The van der Waals surface area contributed by atoms with Crippen LogP contribution in [0.3, 0.4) is 0 Å². The molecule has 0 aliphatic rings. The number of carboxylic acid groups (broad SMARTS) is 1. The van der Waals surface area contributed by atoms with Crippen LogP contribution in [0, 0.1) is 0 Å². The molecule has 1 unspecified atom stereocenters. The van der Waals surface area contributed by atoms with E-state index in [1.54, 1.807) is 24.3 Å². The van der Waals surface area contributed by atoms with E-state index in [1.807, 2.05) is 19.1 Å². The maximum absolute atomic E-state index is 11.3. The van der Waals surface area contributed by atoms with Crippen LogP contribution in [-0.2, 0) is 0 Å². The Balaban J connectivity index is 1.55. The smallest absolute Gasteiger partial charge is 0.337 e. The van der Waals surface area contributed by atoms with Gasteiger partial charge in [0.2, 0.25) is 5.13 Å². The number of halogens is 2. The van der Waals surface area contributed by atoms with Crippen molar-refractivity contribution in [2.24, 2.45) is 10.2 Å². The van der Waals surface area contributed by atoms with Gasteiger partial charge in [-0.2, -0.15) is 5.11 Å². The Morgan fingerprint density at radius 2 is 2.00 bits per heavy atom. The largest absolute Gasteiger partial charge is 0.478 e. The lowest BCUT2D eigenvalue weighted by Gasteiger charge is -2.03. The molecule has 4 rings (SSSR count). The van der Waals surface area contributed by atoms with Gasteiger partial charge in [-0.1, -0.05) is 34.5 Å². The number of rotatable bonds is 5. The van der Waals surface area contributed by atoms with Crippen molar-refractivity contribution in [3.63, 3.8) is 0 Å². The molecular weight excluding hydrogens is 433 g/mol. The van der Waals surface area contributed by atoms with Crippen molar-refractivity contribution in [3.8, 4) is 11.3 Å². The highest BCUT2D eigenvalue weighted by Gasteiger charge is 2.15. The molecule has 0 saturated heterocycles. The predicted octanol–water partition coefficient (Wildman–Crippen LogP) is 7.41. The molecule has 9 heteroatoms. The van der Waals surface area contributed by atoms with Gasteiger partial charge in [0.25, 0.3) is 0 Å². The molecule has 29 heavy (non-hydrogen) atoms. The van der Waals surface area contributed by atoms with Crippen molar-refractivity contribution in [1.82, 2.24) is 4.98 Å². The molecule has 0 bridgehead atoms. The third-order valence-electron chi connectivity index (χ3n) is 4.18. The first-order valence-corrected chi connectivity index (χ1v) is 10.1. The fourth-order valence-electron chi connectivity index (χ4n) is 2.70. The quantitative estimate of drug-likeness (QED) is 0.324. The Morgan fingerprint density at radius 1 is 1.17 bits per heavy atom. The van der Waals surface area contributed by atoms with Crippen LogP contribution in [0.15, 0.2) is 63.2 Å². The third kappa shape index (κ3) is 4.17. The van der Waals surface area contributed by atoms with Crippen LogP contribution in [-0.4, -0.2) is 16.1 Å². The summed E-state index contributed by atoms with van der Waals surface area (Å²) in [4.78, 5) is 15.7. The number of furan rings is 1. The summed E-state index contributed by atoms with van der Waals surface area (Å²) in [6, 6.07) is 13.4. The van der Waals surface area contributed by atoms with E-state index in [-0.39, 0.29) is 16.6 Å². The second-order valence-corrected chi connectivity index (χ2v) is 8.05. The average Bonchev–Trinajstić information content (AvgIpc) is 3.33. The zero-order valence-electron chi connectivity index (χ0n) is 15.0. The van der Waals surface area contributed by atoms with Crippen LogP contribution in [0.4, 0.5) is 5.13 Å². The average molecular weight is 446 g/mol. The molecule has 2 heterocycles. The number of hydrogen-bond acceptors (Lipinski definition) is 6. The molecule has 0 amide bonds. The van der Waals surface area contributed by atoms with Crippen molar-refractivity contribution in [2.75, 3.05) is 0 Å². The van der Waals surface area contributed by atoms with Gasteiger partial charge in [-0.05, 0) is 55.5 Å². The molecular formula is C20H13Cl2N3O3S. The highest BCUT2D eigenvalue weighted by atomic mass is 35.5. The molecule has 1 N–H and O–H groups in total. The molecule has 0 radical (unpaired) electrons. The minimum Gasteiger partial charge on any atom is -0.478 e. The van der Waals surface area contributed by atoms with E-state index >= 15 is 0 Å². The summed E-state index contributed by atoms with van der Waals surface area (Å²) in [6.45, 7) is 1.85. The van der Waals surface area contributed by atoms with Gasteiger partial charge in [-0.15, -0.1) is 5.11 Å². The lowest BCUT2D eigenvalue weighted by molar-refractivity contribution is 0.0697. The first-order valence-electron chi connectivity index (χ1n) is 8.50.